The number of rotatable bonds is 4. The maximum Gasteiger partial charge on any atom is 0.168 e. The van der Waals surface area contributed by atoms with Crippen LogP contribution < -0.4 is 11.1 Å². The maximum absolute atomic E-state index is 9.14. The van der Waals surface area contributed by atoms with Crippen LogP contribution in [0.1, 0.15) is 23.6 Å². The molecule has 0 amide bonds. The largest absolute Gasteiger partial charge is 0.383 e. The number of nitrogens with zero attached hydrogens (tertiary/aromatic N) is 3. The van der Waals surface area contributed by atoms with Gasteiger partial charge in [-0.3, -0.25) is 0 Å². The number of benzene rings is 1. The van der Waals surface area contributed by atoms with E-state index in [9.17, 15) is 0 Å². The van der Waals surface area contributed by atoms with E-state index in [4.69, 9.17) is 11.0 Å². The van der Waals surface area contributed by atoms with Crippen molar-refractivity contribution in [3.63, 3.8) is 0 Å². The van der Waals surface area contributed by atoms with Crippen LogP contribution in [0.4, 0.5) is 11.6 Å². The highest BCUT2D eigenvalue weighted by atomic mass is 15.3. The van der Waals surface area contributed by atoms with Crippen molar-refractivity contribution in [3.05, 3.63) is 41.0 Å². The molecule has 0 spiro atoms. The summed E-state index contributed by atoms with van der Waals surface area (Å²) in [7, 11) is 0. The lowest BCUT2D eigenvalue weighted by Gasteiger charge is -2.07. The number of aromatic nitrogens is 2. The van der Waals surface area contributed by atoms with E-state index in [0.717, 1.165) is 5.56 Å². The summed E-state index contributed by atoms with van der Waals surface area (Å²) in [5, 5.41) is 16.6. The molecule has 3 N–H and O–H groups in total. The van der Waals surface area contributed by atoms with Crippen LogP contribution in [0.5, 0.6) is 0 Å². The third kappa shape index (κ3) is 2.52. The number of nitrogen functional groups attached to an aromatic ring is 1. The van der Waals surface area contributed by atoms with Crippen molar-refractivity contribution < 1.29 is 0 Å². The highest BCUT2D eigenvalue weighted by Gasteiger charge is 2.15. The van der Waals surface area contributed by atoms with Gasteiger partial charge in [0.05, 0.1) is 6.54 Å². The summed E-state index contributed by atoms with van der Waals surface area (Å²) in [4.78, 5) is 0. The Morgan fingerprint density at radius 3 is 2.79 bits per heavy atom. The minimum atomic E-state index is 0.404. The van der Waals surface area contributed by atoms with E-state index in [1.165, 1.54) is 5.56 Å². The van der Waals surface area contributed by atoms with Gasteiger partial charge in [-0.15, -0.1) is 0 Å². The van der Waals surface area contributed by atoms with Gasteiger partial charge in [0.25, 0.3) is 0 Å². The second kappa shape index (κ2) is 5.44. The molecule has 5 heteroatoms. The molecule has 0 bridgehead atoms. The smallest absolute Gasteiger partial charge is 0.168 e. The molecule has 0 atom stereocenters. The standard InChI is InChI=1S/C14H17N5/c1-3-17-14-12(8-15)13(16)19(18-14)9-11-7-5-4-6-10(11)2/h4-7H,3,9,16H2,1-2H3,(H,17,18). The molecule has 0 radical (unpaired) electrons. The lowest BCUT2D eigenvalue weighted by atomic mass is 10.1. The molecule has 19 heavy (non-hydrogen) atoms. The van der Waals surface area contributed by atoms with Crippen molar-refractivity contribution >= 4 is 11.6 Å². The minimum absolute atomic E-state index is 0.404. The molecule has 2 aromatic rings. The second-order valence-corrected chi connectivity index (χ2v) is 4.34. The highest BCUT2D eigenvalue weighted by Crippen LogP contribution is 2.22. The van der Waals surface area contributed by atoms with E-state index in [1.807, 2.05) is 38.1 Å². The van der Waals surface area contributed by atoms with Crippen molar-refractivity contribution in [2.75, 3.05) is 17.6 Å². The molecule has 0 fully saturated rings. The van der Waals surface area contributed by atoms with E-state index in [0.29, 0.717) is 30.3 Å². The van der Waals surface area contributed by atoms with E-state index < -0.39 is 0 Å². The Balaban J connectivity index is 2.36. The summed E-state index contributed by atoms with van der Waals surface area (Å²) < 4.78 is 1.67. The number of hydrogen-bond donors (Lipinski definition) is 2. The fourth-order valence-corrected chi connectivity index (χ4v) is 1.95. The number of aryl methyl sites for hydroxylation is 1. The fourth-order valence-electron chi connectivity index (χ4n) is 1.95. The molecule has 1 aromatic carbocycles. The molecule has 1 aromatic heterocycles. The summed E-state index contributed by atoms with van der Waals surface area (Å²) in [6, 6.07) is 10.2. The molecule has 5 nitrogen and oxygen atoms in total. The topological polar surface area (TPSA) is 79.7 Å². The van der Waals surface area contributed by atoms with Crippen LogP contribution in [0.3, 0.4) is 0 Å². The first-order chi connectivity index (χ1) is 9.17. The summed E-state index contributed by atoms with van der Waals surface area (Å²) in [6.45, 7) is 5.28. The Kier molecular flexibility index (Phi) is 3.71. The Labute approximate surface area is 112 Å². The number of nitrogens with one attached hydrogen (secondary N) is 1. The average molecular weight is 255 g/mol. The van der Waals surface area contributed by atoms with Gasteiger partial charge >= 0.3 is 0 Å². The summed E-state index contributed by atoms with van der Waals surface area (Å²) in [6.07, 6.45) is 0. The predicted octanol–water partition coefficient (Wildman–Crippen LogP) is 2.13. The molecule has 2 rings (SSSR count). The zero-order chi connectivity index (χ0) is 13.8. The Hall–Kier alpha value is -2.48. The van der Waals surface area contributed by atoms with Gasteiger partial charge in [0, 0.05) is 6.54 Å². The van der Waals surface area contributed by atoms with Gasteiger partial charge < -0.3 is 11.1 Å². The van der Waals surface area contributed by atoms with E-state index in [2.05, 4.69) is 16.5 Å². The summed E-state index contributed by atoms with van der Waals surface area (Å²) in [5.74, 6) is 0.956. The molecule has 0 unspecified atom stereocenters. The number of hydrogen-bond acceptors (Lipinski definition) is 4. The van der Waals surface area contributed by atoms with Crippen LogP contribution in [0.2, 0.25) is 0 Å². The lowest BCUT2D eigenvalue weighted by molar-refractivity contribution is 0.696. The molecule has 98 valence electrons. The van der Waals surface area contributed by atoms with Gasteiger partial charge in [-0.1, -0.05) is 24.3 Å². The predicted molar refractivity (Wildman–Crippen MR) is 75.8 cm³/mol. The third-order valence-corrected chi connectivity index (χ3v) is 3.03. The Morgan fingerprint density at radius 1 is 1.42 bits per heavy atom. The summed E-state index contributed by atoms with van der Waals surface area (Å²) in [5.41, 5.74) is 8.72. The van der Waals surface area contributed by atoms with Crippen LogP contribution in [-0.2, 0) is 6.54 Å². The zero-order valence-electron chi connectivity index (χ0n) is 11.1. The fraction of sp³-hybridized carbons (Fsp3) is 0.286. The normalized spacial score (nSPS) is 10.2. The highest BCUT2D eigenvalue weighted by molar-refractivity contribution is 5.63. The SMILES string of the molecule is CCNc1nn(Cc2ccccc2C)c(N)c1C#N. The number of nitriles is 1. The summed E-state index contributed by atoms with van der Waals surface area (Å²) >= 11 is 0. The van der Waals surface area contributed by atoms with Crippen LogP contribution in [0.25, 0.3) is 0 Å². The maximum atomic E-state index is 9.14. The molecule has 0 saturated carbocycles. The minimum Gasteiger partial charge on any atom is -0.383 e. The molecular formula is C14H17N5. The van der Waals surface area contributed by atoms with E-state index in [-0.39, 0.29) is 0 Å². The van der Waals surface area contributed by atoms with Crippen molar-refractivity contribution in [2.24, 2.45) is 0 Å². The third-order valence-electron chi connectivity index (χ3n) is 3.03. The van der Waals surface area contributed by atoms with Crippen molar-refractivity contribution in [3.8, 4) is 6.07 Å². The van der Waals surface area contributed by atoms with E-state index in [1.54, 1.807) is 4.68 Å². The molecule has 0 aliphatic heterocycles. The second-order valence-electron chi connectivity index (χ2n) is 4.34. The molecule has 0 aliphatic carbocycles. The lowest BCUT2D eigenvalue weighted by Crippen LogP contribution is -2.07. The van der Waals surface area contributed by atoms with Gasteiger partial charge in [-0.05, 0) is 25.0 Å². The molecule has 0 aliphatic rings. The Bertz CT molecular complexity index is 621. The van der Waals surface area contributed by atoms with Crippen molar-refractivity contribution in [1.29, 1.82) is 5.26 Å². The van der Waals surface area contributed by atoms with Crippen molar-refractivity contribution in [1.82, 2.24) is 9.78 Å². The molecule has 1 heterocycles. The van der Waals surface area contributed by atoms with Crippen LogP contribution in [0.15, 0.2) is 24.3 Å². The van der Waals surface area contributed by atoms with Crippen LogP contribution >= 0.6 is 0 Å². The first-order valence-electron chi connectivity index (χ1n) is 6.22. The Morgan fingerprint density at radius 2 is 2.16 bits per heavy atom. The van der Waals surface area contributed by atoms with Gasteiger partial charge in [0.1, 0.15) is 17.5 Å². The van der Waals surface area contributed by atoms with Gasteiger partial charge in [-0.2, -0.15) is 10.4 Å². The van der Waals surface area contributed by atoms with Crippen LogP contribution in [0, 0.1) is 18.3 Å². The monoisotopic (exact) mass is 255 g/mol. The molecular weight excluding hydrogens is 238 g/mol. The van der Waals surface area contributed by atoms with Crippen LogP contribution in [-0.4, -0.2) is 16.3 Å². The van der Waals surface area contributed by atoms with Gasteiger partial charge in [-0.25, -0.2) is 4.68 Å². The number of nitrogens with two attached hydrogens (primary N) is 1. The number of anilines is 2. The van der Waals surface area contributed by atoms with E-state index >= 15 is 0 Å². The van der Waals surface area contributed by atoms with Gasteiger partial charge in [0.15, 0.2) is 5.82 Å². The molecule has 0 saturated heterocycles. The quantitative estimate of drug-likeness (QED) is 0.877. The average Bonchev–Trinajstić information content (AvgIpc) is 2.69. The van der Waals surface area contributed by atoms with Crippen molar-refractivity contribution in [2.45, 2.75) is 20.4 Å². The first-order valence-corrected chi connectivity index (χ1v) is 6.22. The zero-order valence-corrected chi connectivity index (χ0v) is 11.1. The van der Waals surface area contributed by atoms with Gasteiger partial charge in [0.2, 0.25) is 0 Å². The first kappa shape index (κ1) is 13.0.